The first-order chi connectivity index (χ1) is 7.90. The fraction of sp³-hybridized carbons (Fsp3) is 0.571. The first kappa shape index (κ1) is 11.6. The summed E-state index contributed by atoms with van der Waals surface area (Å²) in [5, 5.41) is 6.88. The lowest BCUT2D eigenvalue weighted by Crippen LogP contribution is -2.47. The van der Waals surface area contributed by atoms with Crippen LogP contribution < -0.4 is 10.6 Å². The largest absolute Gasteiger partial charge is 0.315 e. The maximum Gasteiger partial charge on any atom is 0.0218 e. The van der Waals surface area contributed by atoms with Crippen LogP contribution in [0.4, 0.5) is 0 Å². The molecular formula is C14H22N2. The smallest absolute Gasteiger partial charge is 0.0218 e. The Bertz CT molecular complexity index is 297. The molecule has 0 spiro atoms. The van der Waals surface area contributed by atoms with Crippen molar-refractivity contribution >= 4 is 0 Å². The van der Waals surface area contributed by atoms with E-state index >= 15 is 0 Å². The van der Waals surface area contributed by atoms with E-state index in [1.165, 1.54) is 31.4 Å². The third kappa shape index (κ3) is 3.06. The molecule has 0 saturated carbocycles. The second kappa shape index (κ2) is 6.02. The Morgan fingerprint density at radius 1 is 1.31 bits per heavy atom. The molecule has 1 aliphatic rings. The minimum absolute atomic E-state index is 0.650. The van der Waals surface area contributed by atoms with Crippen LogP contribution in [0.1, 0.15) is 18.4 Å². The Morgan fingerprint density at radius 3 is 2.88 bits per heavy atom. The molecule has 2 N–H and O–H groups in total. The molecule has 0 amide bonds. The number of piperidine rings is 1. The van der Waals surface area contributed by atoms with E-state index in [0.29, 0.717) is 6.04 Å². The van der Waals surface area contributed by atoms with Gasteiger partial charge in [0.15, 0.2) is 0 Å². The molecule has 1 heterocycles. The quantitative estimate of drug-likeness (QED) is 0.805. The van der Waals surface area contributed by atoms with Gasteiger partial charge in [0, 0.05) is 12.6 Å². The van der Waals surface area contributed by atoms with Gasteiger partial charge in [0.05, 0.1) is 0 Å². The molecule has 2 nitrogen and oxygen atoms in total. The summed E-state index contributed by atoms with van der Waals surface area (Å²) < 4.78 is 0. The lowest BCUT2D eigenvalue weighted by Gasteiger charge is -2.32. The predicted molar refractivity (Wildman–Crippen MR) is 68.6 cm³/mol. The molecule has 1 saturated heterocycles. The molecule has 1 aromatic carbocycles. The normalized spacial score (nSPS) is 25.6. The highest BCUT2D eigenvalue weighted by molar-refractivity contribution is 5.14. The molecule has 2 rings (SSSR count). The van der Waals surface area contributed by atoms with E-state index in [1.54, 1.807) is 0 Å². The van der Waals surface area contributed by atoms with Crippen molar-refractivity contribution in [2.75, 3.05) is 20.1 Å². The lowest BCUT2D eigenvalue weighted by molar-refractivity contribution is 0.275. The average molecular weight is 218 g/mol. The molecule has 2 unspecified atom stereocenters. The van der Waals surface area contributed by atoms with Gasteiger partial charge in [-0.25, -0.2) is 0 Å². The summed E-state index contributed by atoms with van der Waals surface area (Å²) in [6.07, 6.45) is 3.82. The molecule has 0 bridgehead atoms. The number of hydrogen-bond donors (Lipinski definition) is 2. The van der Waals surface area contributed by atoms with Gasteiger partial charge in [0.1, 0.15) is 0 Å². The fourth-order valence-corrected chi connectivity index (χ4v) is 2.59. The number of likely N-dealkylation sites (N-methyl/N-ethyl adjacent to an activating group) is 1. The monoisotopic (exact) mass is 218 g/mol. The zero-order valence-electron chi connectivity index (χ0n) is 10.1. The van der Waals surface area contributed by atoms with Crippen LogP contribution in [0, 0.1) is 5.92 Å². The van der Waals surface area contributed by atoms with Crippen molar-refractivity contribution in [2.45, 2.75) is 25.3 Å². The minimum atomic E-state index is 0.650. The van der Waals surface area contributed by atoms with Crippen molar-refractivity contribution in [3.8, 4) is 0 Å². The van der Waals surface area contributed by atoms with Crippen LogP contribution in [0.25, 0.3) is 0 Å². The van der Waals surface area contributed by atoms with Crippen LogP contribution in [0.2, 0.25) is 0 Å². The summed E-state index contributed by atoms with van der Waals surface area (Å²) in [4.78, 5) is 0. The van der Waals surface area contributed by atoms with Crippen LogP contribution in [0.15, 0.2) is 30.3 Å². The minimum Gasteiger partial charge on any atom is -0.315 e. The third-order valence-corrected chi connectivity index (χ3v) is 3.64. The van der Waals surface area contributed by atoms with E-state index in [0.717, 1.165) is 12.5 Å². The molecule has 2 atom stereocenters. The zero-order valence-corrected chi connectivity index (χ0v) is 10.1. The van der Waals surface area contributed by atoms with Crippen LogP contribution in [-0.2, 0) is 6.42 Å². The number of hydrogen-bond acceptors (Lipinski definition) is 2. The van der Waals surface area contributed by atoms with Crippen molar-refractivity contribution in [1.82, 2.24) is 10.6 Å². The van der Waals surface area contributed by atoms with Gasteiger partial charge in [0.2, 0.25) is 0 Å². The van der Waals surface area contributed by atoms with Gasteiger partial charge in [-0.2, -0.15) is 0 Å². The predicted octanol–water partition coefficient (Wildman–Crippen LogP) is 1.82. The summed E-state index contributed by atoms with van der Waals surface area (Å²) in [7, 11) is 2.08. The topological polar surface area (TPSA) is 24.1 Å². The Hall–Kier alpha value is -0.860. The van der Waals surface area contributed by atoms with Gasteiger partial charge in [-0.15, -0.1) is 0 Å². The number of nitrogens with one attached hydrogen (secondary N) is 2. The molecule has 1 aliphatic heterocycles. The Morgan fingerprint density at radius 2 is 2.12 bits per heavy atom. The molecule has 16 heavy (non-hydrogen) atoms. The molecule has 0 aliphatic carbocycles. The summed E-state index contributed by atoms with van der Waals surface area (Å²) >= 11 is 0. The second-order valence-electron chi connectivity index (χ2n) is 4.67. The van der Waals surface area contributed by atoms with Gasteiger partial charge in [-0.05, 0) is 44.3 Å². The first-order valence-electron chi connectivity index (χ1n) is 6.32. The van der Waals surface area contributed by atoms with E-state index in [9.17, 15) is 0 Å². The number of benzene rings is 1. The first-order valence-corrected chi connectivity index (χ1v) is 6.32. The van der Waals surface area contributed by atoms with Gasteiger partial charge >= 0.3 is 0 Å². The molecule has 0 radical (unpaired) electrons. The van der Waals surface area contributed by atoms with E-state index in [2.05, 4.69) is 48.0 Å². The van der Waals surface area contributed by atoms with Crippen molar-refractivity contribution in [3.05, 3.63) is 35.9 Å². The van der Waals surface area contributed by atoms with Crippen LogP contribution in [-0.4, -0.2) is 26.2 Å². The zero-order chi connectivity index (χ0) is 11.2. The highest BCUT2D eigenvalue weighted by Crippen LogP contribution is 2.19. The van der Waals surface area contributed by atoms with E-state index in [1.807, 2.05) is 0 Å². The molecule has 2 heteroatoms. The maximum absolute atomic E-state index is 3.45. The van der Waals surface area contributed by atoms with E-state index in [4.69, 9.17) is 0 Å². The lowest BCUT2D eigenvalue weighted by atomic mass is 9.87. The van der Waals surface area contributed by atoms with Crippen LogP contribution in [0.5, 0.6) is 0 Å². The summed E-state index contributed by atoms with van der Waals surface area (Å²) in [5.74, 6) is 0.825. The summed E-state index contributed by atoms with van der Waals surface area (Å²) in [6, 6.07) is 11.5. The Labute approximate surface area is 98.4 Å². The maximum atomic E-state index is 3.45. The summed E-state index contributed by atoms with van der Waals surface area (Å²) in [5.41, 5.74) is 1.47. The SMILES string of the molecule is CNC1CNCCC1CCc1ccccc1. The second-order valence-corrected chi connectivity index (χ2v) is 4.67. The fourth-order valence-electron chi connectivity index (χ4n) is 2.59. The van der Waals surface area contributed by atoms with Gasteiger partial charge in [0.25, 0.3) is 0 Å². The average Bonchev–Trinajstić information content (AvgIpc) is 2.38. The molecule has 0 aromatic heterocycles. The van der Waals surface area contributed by atoms with E-state index < -0.39 is 0 Å². The van der Waals surface area contributed by atoms with Crippen molar-refractivity contribution in [3.63, 3.8) is 0 Å². The van der Waals surface area contributed by atoms with Crippen molar-refractivity contribution in [1.29, 1.82) is 0 Å². The van der Waals surface area contributed by atoms with Gasteiger partial charge in [-0.3, -0.25) is 0 Å². The highest BCUT2D eigenvalue weighted by atomic mass is 15.0. The van der Waals surface area contributed by atoms with Gasteiger partial charge < -0.3 is 10.6 Å². The number of aryl methyl sites for hydroxylation is 1. The van der Waals surface area contributed by atoms with E-state index in [-0.39, 0.29) is 0 Å². The Kier molecular flexibility index (Phi) is 4.37. The van der Waals surface area contributed by atoms with Crippen LogP contribution >= 0.6 is 0 Å². The highest BCUT2D eigenvalue weighted by Gasteiger charge is 2.22. The molecular weight excluding hydrogens is 196 g/mol. The van der Waals surface area contributed by atoms with Crippen molar-refractivity contribution < 1.29 is 0 Å². The standard InChI is InChI=1S/C14H22N2/c1-15-14-11-16-10-9-13(14)8-7-12-5-3-2-4-6-12/h2-6,13-16H,7-11H2,1H3. The Balaban J connectivity index is 1.84. The van der Waals surface area contributed by atoms with Gasteiger partial charge in [-0.1, -0.05) is 30.3 Å². The van der Waals surface area contributed by atoms with Crippen LogP contribution in [0.3, 0.4) is 0 Å². The van der Waals surface area contributed by atoms with Crippen molar-refractivity contribution in [2.24, 2.45) is 5.92 Å². The number of rotatable bonds is 4. The summed E-state index contributed by atoms with van der Waals surface area (Å²) in [6.45, 7) is 2.30. The third-order valence-electron chi connectivity index (χ3n) is 3.64. The molecule has 1 aromatic rings. The molecule has 1 fully saturated rings. The molecule has 88 valence electrons.